The smallest absolute Gasteiger partial charge is 0.0642 e. The van der Waals surface area contributed by atoms with E-state index >= 15 is 0 Å². The average Bonchev–Trinajstić information content (AvgIpc) is 2.03. The topological polar surface area (TPSA) is 30.5 Å². The minimum absolute atomic E-state index is 0.411. The SMILES string of the molecule is CCOC[C@H]1COCCN1. The molecule has 0 aromatic heterocycles. The van der Waals surface area contributed by atoms with Gasteiger partial charge in [-0.2, -0.15) is 0 Å². The lowest BCUT2D eigenvalue weighted by molar-refractivity contribution is 0.0325. The van der Waals surface area contributed by atoms with Gasteiger partial charge in [0.1, 0.15) is 0 Å². The van der Waals surface area contributed by atoms with Gasteiger partial charge in [-0.15, -0.1) is 0 Å². The van der Waals surface area contributed by atoms with Crippen molar-refractivity contribution in [1.82, 2.24) is 5.32 Å². The molecular formula is C7H15NO2. The van der Waals surface area contributed by atoms with Crippen LogP contribution in [-0.4, -0.2) is 39.0 Å². The molecule has 1 heterocycles. The number of hydrogen-bond acceptors (Lipinski definition) is 3. The van der Waals surface area contributed by atoms with Crippen LogP contribution in [0.15, 0.2) is 0 Å². The molecule has 3 nitrogen and oxygen atoms in total. The van der Waals surface area contributed by atoms with Crippen LogP contribution in [0.1, 0.15) is 6.92 Å². The summed E-state index contributed by atoms with van der Waals surface area (Å²) in [5.41, 5.74) is 0. The van der Waals surface area contributed by atoms with Gasteiger partial charge in [-0.25, -0.2) is 0 Å². The number of hydrogen-bond donors (Lipinski definition) is 1. The molecule has 3 heteroatoms. The van der Waals surface area contributed by atoms with E-state index in [-0.39, 0.29) is 0 Å². The third-order valence-electron chi connectivity index (χ3n) is 1.52. The Labute approximate surface area is 61.7 Å². The molecule has 0 aliphatic carbocycles. The summed E-state index contributed by atoms with van der Waals surface area (Å²) in [7, 11) is 0. The molecule has 0 amide bonds. The number of ether oxygens (including phenoxy) is 2. The van der Waals surface area contributed by atoms with Crippen molar-refractivity contribution in [1.29, 1.82) is 0 Å². The van der Waals surface area contributed by atoms with Crippen molar-refractivity contribution in [3.63, 3.8) is 0 Å². The first-order valence-electron chi connectivity index (χ1n) is 3.82. The minimum Gasteiger partial charge on any atom is -0.380 e. The Morgan fingerprint density at radius 1 is 1.70 bits per heavy atom. The summed E-state index contributed by atoms with van der Waals surface area (Å²) in [6.45, 7) is 6.15. The second kappa shape index (κ2) is 4.66. The molecular weight excluding hydrogens is 130 g/mol. The van der Waals surface area contributed by atoms with Crippen LogP contribution < -0.4 is 5.32 Å². The van der Waals surface area contributed by atoms with Crippen LogP contribution in [0.3, 0.4) is 0 Å². The molecule has 0 unspecified atom stereocenters. The molecule has 1 N–H and O–H groups in total. The van der Waals surface area contributed by atoms with Crippen LogP contribution in [0.25, 0.3) is 0 Å². The van der Waals surface area contributed by atoms with E-state index in [1.54, 1.807) is 0 Å². The first-order valence-corrected chi connectivity index (χ1v) is 3.82. The second-order valence-corrected chi connectivity index (χ2v) is 2.39. The van der Waals surface area contributed by atoms with Crippen molar-refractivity contribution in [2.75, 3.05) is 33.0 Å². The van der Waals surface area contributed by atoms with Gasteiger partial charge in [0.05, 0.1) is 25.9 Å². The predicted molar refractivity (Wildman–Crippen MR) is 39.1 cm³/mol. The Kier molecular flexibility index (Phi) is 3.72. The zero-order valence-electron chi connectivity index (χ0n) is 6.43. The van der Waals surface area contributed by atoms with Crippen LogP contribution in [0.2, 0.25) is 0 Å². The fourth-order valence-corrected chi connectivity index (χ4v) is 0.987. The molecule has 0 aromatic rings. The summed E-state index contributed by atoms with van der Waals surface area (Å²) in [6, 6.07) is 0.411. The summed E-state index contributed by atoms with van der Waals surface area (Å²) in [5.74, 6) is 0. The molecule has 0 radical (unpaired) electrons. The minimum atomic E-state index is 0.411. The van der Waals surface area contributed by atoms with Crippen molar-refractivity contribution in [2.45, 2.75) is 13.0 Å². The normalized spacial score (nSPS) is 26.7. The van der Waals surface area contributed by atoms with E-state index in [2.05, 4.69) is 5.32 Å². The zero-order valence-corrected chi connectivity index (χ0v) is 6.43. The summed E-state index contributed by atoms with van der Waals surface area (Å²) in [6.07, 6.45) is 0. The van der Waals surface area contributed by atoms with Gasteiger partial charge in [-0.05, 0) is 6.92 Å². The van der Waals surface area contributed by atoms with E-state index in [1.807, 2.05) is 6.92 Å². The Hall–Kier alpha value is -0.120. The maximum Gasteiger partial charge on any atom is 0.0642 e. The van der Waals surface area contributed by atoms with E-state index < -0.39 is 0 Å². The van der Waals surface area contributed by atoms with E-state index in [0.29, 0.717) is 6.04 Å². The molecule has 1 atom stereocenters. The van der Waals surface area contributed by atoms with Crippen molar-refractivity contribution in [3.8, 4) is 0 Å². The van der Waals surface area contributed by atoms with Crippen LogP contribution in [-0.2, 0) is 9.47 Å². The zero-order chi connectivity index (χ0) is 7.23. The number of morpholine rings is 1. The molecule has 60 valence electrons. The second-order valence-electron chi connectivity index (χ2n) is 2.39. The van der Waals surface area contributed by atoms with E-state index in [1.165, 1.54) is 0 Å². The highest BCUT2D eigenvalue weighted by molar-refractivity contribution is 4.68. The quantitative estimate of drug-likeness (QED) is 0.607. The van der Waals surface area contributed by atoms with Crippen molar-refractivity contribution >= 4 is 0 Å². The molecule has 0 spiro atoms. The van der Waals surface area contributed by atoms with Gasteiger partial charge < -0.3 is 14.8 Å². The van der Waals surface area contributed by atoms with Gasteiger partial charge >= 0.3 is 0 Å². The largest absolute Gasteiger partial charge is 0.380 e. The maximum atomic E-state index is 5.24. The fraction of sp³-hybridized carbons (Fsp3) is 1.00. The van der Waals surface area contributed by atoms with Crippen molar-refractivity contribution < 1.29 is 9.47 Å². The van der Waals surface area contributed by atoms with Crippen molar-refractivity contribution in [2.24, 2.45) is 0 Å². The lowest BCUT2D eigenvalue weighted by Crippen LogP contribution is -2.44. The Morgan fingerprint density at radius 3 is 3.20 bits per heavy atom. The lowest BCUT2D eigenvalue weighted by atomic mass is 10.3. The molecule has 0 aromatic carbocycles. The Balaban J connectivity index is 2.02. The molecule has 0 saturated carbocycles. The van der Waals surface area contributed by atoms with Gasteiger partial charge in [-0.1, -0.05) is 0 Å². The first-order chi connectivity index (χ1) is 4.93. The van der Waals surface area contributed by atoms with Gasteiger partial charge in [0, 0.05) is 13.2 Å². The summed E-state index contributed by atoms with van der Waals surface area (Å²) < 4.78 is 10.5. The molecule has 1 saturated heterocycles. The third-order valence-corrected chi connectivity index (χ3v) is 1.52. The Morgan fingerprint density at radius 2 is 2.60 bits per heavy atom. The monoisotopic (exact) mass is 145 g/mol. The van der Waals surface area contributed by atoms with Crippen molar-refractivity contribution in [3.05, 3.63) is 0 Å². The van der Waals surface area contributed by atoms with Gasteiger partial charge in [0.2, 0.25) is 0 Å². The highest BCUT2D eigenvalue weighted by atomic mass is 16.5. The number of rotatable bonds is 3. The summed E-state index contributed by atoms with van der Waals surface area (Å²) >= 11 is 0. The number of nitrogens with one attached hydrogen (secondary N) is 1. The molecule has 10 heavy (non-hydrogen) atoms. The van der Waals surface area contributed by atoms with Crippen LogP contribution in [0, 0.1) is 0 Å². The lowest BCUT2D eigenvalue weighted by Gasteiger charge is -2.23. The summed E-state index contributed by atoms with van der Waals surface area (Å²) in [5, 5.41) is 3.30. The van der Waals surface area contributed by atoms with Crippen LogP contribution in [0.4, 0.5) is 0 Å². The van der Waals surface area contributed by atoms with E-state index in [4.69, 9.17) is 9.47 Å². The van der Waals surface area contributed by atoms with Gasteiger partial charge in [0.15, 0.2) is 0 Å². The predicted octanol–water partition coefficient (Wildman–Crippen LogP) is 0.0113. The van der Waals surface area contributed by atoms with Crippen LogP contribution >= 0.6 is 0 Å². The molecule has 0 bridgehead atoms. The Bertz CT molecular complexity index is 81.7. The maximum absolute atomic E-state index is 5.24. The third kappa shape index (κ3) is 2.64. The van der Waals surface area contributed by atoms with Crippen LogP contribution in [0.5, 0.6) is 0 Å². The summed E-state index contributed by atoms with van der Waals surface area (Å²) in [4.78, 5) is 0. The van der Waals surface area contributed by atoms with E-state index in [0.717, 1.165) is 33.0 Å². The molecule has 1 rings (SSSR count). The van der Waals surface area contributed by atoms with E-state index in [9.17, 15) is 0 Å². The molecule has 1 aliphatic heterocycles. The van der Waals surface area contributed by atoms with Gasteiger partial charge in [0.25, 0.3) is 0 Å². The molecule has 1 aliphatic rings. The highest BCUT2D eigenvalue weighted by Gasteiger charge is 2.11. The standard InChI is InChI=1S/C7H15NO2/c1-2-9-5-7-6-10-4-3-8-7/h7-8H,2-6H2,1H3/t7-/m0/s1. The first kappa shape index (κ1) is 7.98. The average molecular weight is 145 g/mol. The fourth-order valence-electron chi connectivity index (χ4n) is 0.987. The highest BCUT2D eigenvalue weighted by Crippen LogP contribution is 1.92. The van der Waals surface area contributed by atoms with Gasteiger partial charge in [-0.3, -0.25) is 0 Å². The molecule has 1 fully saturated rings.